The minimum absolute atomic E-state index is 0.216. The average molecular weight is 492 g/mol. The van der Waals surface area contributed by atoms with Crippen molar-refractivity contribution < 1.29 is 52.2 Å². The lowest BCUT2D eigenvalue weighted by Gasteiger charge is -2.18. The summed E-state index contributed by atoms with van der Waals surface area (Å²) in [6.45, 7) is 2.92. The number of ketones is 1. The Morgan fingerprint density at radius 3 is 1.91 bits per heavy atom. The highest BCUT2D eigenvalue weighted by Crippen LogP contribution is 2.13. The van der Waals surface area contributed by atoms with E-state index in [0.29, 0.717) is 5.56 Å². The van der Waals surface area contributed by atoms with E-state index in [1.54, 1.807) is 0 Å². The molecule has 1 aromatic heterocycles. The van der Waals surface area contributed by atoms with Crippen molar-refractivity contribution in [3.63, 3.8) is 0 Å². The number of nitrogens with one attached hydrogen (secondary N) is 2. The van der Waals surface area contributed by atoms with Crippen molar-refractivity contribution in [1.29, 1.82) is 0 Å². The summed E-state index contributed by atoms with van der Waals surface area (Å²) in [6.07, 6.45) is -2.97. The number of rotatable bonds is 10. The third kappa shape index (κ3) is 11.5. The minimum atomic E-state index is -5.08. The number of hydrogen-bond acceptors (Lipinski definition) is 7. The van der Waals surface area contributed by atoms with Gasteiger partial charge in [-0.15, -0.1) is 0 Å². The molecule has 0 aromatic carbocycles. The summed E-state index contributed by atoms with van der Waals surface area (Å²) in [5, 5.41) is 20.8. The number of pyridine rings is 1. The largest absolute Gasteiger partial charge is 0.490 e. The Morgan fingerprint density at radius 1 is 1.00 bits per heavy atom. The number of aromatic nitrogens is 1. The van der Waals surface area contributed by atoms with Crippen LogP contribution in [0.1, 0.15) is 37.0 Å². The highest BCUT2D eigenvalue weighted by atomic mass is 19.4. The predicted octanol–water partition coefficient (Wildman–Crippen LogP) is -0.127. The fourth-order valence-electron chi connectivity index (χ4n) is 2.15. The number of hydrogen-bond donors (Lipinski definition) is 5. The minimum Gasteiger partial charge on any atom is -0.480 e. The molecule has 0 aliphatic heterocycles. The first-order chi connectivity index (χ1) is 15.6. The smallest absolute Gasteiger partial charge is 0.480 e. The van der Waals surface area contributed by atoms with Gasteiger partial charge in [-0.2, -0.15) is 13.2 Å². The molecular weight excluding hydrogens is 469 g/mol. The number of carboxylic acid groups (broad SMARTS) is 2. The summed E-state index contributed by atoms with van der Waals surface area (Å²) < 4.78 is 31.7. The van der Waals surface area contributed by atoms with Crippen LogP contribution in [0.5, 0.6) is 0 Å². The Labute approximate surface area is 190 Å². The highest BCUT2D eigenvalue weighted by Gasteiger charge is 2.38. The third-order valence-corrected chi connectivity index (χ3v) is 3.99. The molecule has 0 radical (unpaired) electrons. The Bertz CT molecular complexity index is 909. The van der Waals surface area contributed by atoms with E-state index in [9.17, 15) is 37.1 Å². The van der Waals surface area contributed by atoms with Gasteiger partial charge < -0.3 is 26.6 Å². The topological polar surface area (TPSA) is 206 Å². The van der Waals surface area contributed by atoms with E-state index in [1.165, 1.54) is 38.4 Å². The number of nitrogens with two attached hydrogens (primary N) is 1. The van der Waals surface area contributed by atoms with Crippen molar-refractivity contribution in [2.75, 3.05) is 0 Å². The van der Waals surface area contributed by atoms with Crippen LogP contribution in [0.2, 0.25) is 0 Å². The molecule has 0 bridgehead atoms. The van der Waals surface area contributed by atoms with Crippen LogP contribution < -0.4 is 16.4 Å². The Kier molecular flexibility index (Phi) is 11.9. The predicted molar refractivity (Wildman–Crippen MR) is 107 cm³/mol. The molecule has 1 aromatic rings. The van der Waals surface area contributed by atoms with Crippen molar-refractivity contribution in [2.45, 2.75) is 44.9 Å². The summed E-state index contributed by atoms with van der Waals surface area (Å²) in [7, 11) is 0. The second kappa shape index (κ2) is 13.5. The molecule has 3 atom stereocenters. The van der Waals surface area contributed by atoms with Crippen LogP contribution in [0, 0.1) is 5.92 Å². The molecule has 0 fully saturated rings. The lowest BCUT2D eigenvalue weighted by molar-refractivity contribution is -0.192. The number of carbonyl (C=O) groups excluding carboxylic acids is 4. The zero-order valence-corrected chi connectivity index (χ0v) is 18.0. The van der Waals surface area contributed by atoms with Gasteiger partial charge >= 0.3 is 18.1 Å². The van der Waals surface area contributed by atoms with Gasteiger partial charge in [0.15, 0.2) is 5.78 Å². The average Bonchev–Trinajstić information content (AvgIpc) is 2.72. The fourth-order valence-corrected chi connectivity index (χ4v) is 2.15. The number of carbonyl (C=O) groups is 6. The highest BCUT2D eigenvalue weighted by molar-refractivity contribution is 5.98. The number of primary amides is 1. The zero-order valence-electron chi connectivity index (χ0n) is 18.0. The first-order valence-electron chi connectivity index (χ1n) is 9.41. The molecule has 12 nitrogen and oxygen atoms in total. The summed E-state index contributed by atoms with van der Waals surface area (Å²) in [6, 6.07) is 0.680. The van der Waals surface area contributed by atoms with Gasteiger partial charge in [-0.05, 0) is 19.1 Å². The number of nitrogens with zero attached hydrogens (tertiary/aromatic N) is 1. The molecule has 0 spiro atoms. The van der Waals surface area contributed by atoms with E-state index in [4.69, 9.17) is 20.7 Å². The molecule has 1 heterocycles. The van der Waals surface area contributed by atoms with E-state index >= 15 is 0 Å². The second-order valence-corrected chi connectivity index (χ2v) is 6.88. The van der Waals surface area contributed by atoms with E-state index in [1.807, 2.05) is 0 Å². The molecule has 0 aliphatic carbocycles. The van der Waals surface area contributed by atoms with Crippen LogP contribution in [0.3, 0.4) is 0 Å². The zero-order chi connectivity index (χ0) is 26.6. The third-order valence-electron chi connectivity index (χ3n) is 3.99. The Hall–Kier alpha value is -4.04. The van der Waals surface area contributed by atoms with Crippen LogP contribution in [-0.2, 0) is 24.0 Å². The molecular formula is C19H23F3N4O8. The van der Waals surface area contributed by atoms with E-state index in [0.717, 1.165) is 0 Å². The van der Waals surface area contributed by atoms with Crippen molar-refractivity contribution in [2.24, 2.45) is 11.7 Å². The van der Waals surface area contributed by atoms with Gasteiger partial charge in [0.25, 0.3) is 5.91 Å². The van der Waals surface area contributed by atoms with E-state index in [-0.39, 0.29) is 6.42 Å². The Morgan fingerprint density at radius 2 is 1.50 bits per heavy atom. The molecule has 0 saturated carbocycles. The number of Topliss-reactive ketones (excluding diaryl/α,β-unsaturated/α-hetero) is 1. The SMILES string of the molecule is C[C@H](NC(=O)c1ccncc1)C(=O)C[C@H](C)C(=O)N[C@@H](CC(N)=O)C(=O)O.O=C(O)C(F)(F)F. The van der Waals surface area contributed by atoms with Gasteiger partial charge in [0.1, 0.15) is 6.04 Å². The second-order valence-electron chi connectivity index (χ2n) is 6.88. The van der Waals surface area contributed by atoms with Crippen LogP contribution in [0.15, 0.2) is 24.5 Å². The standard InChI is InChI=1S/C17H22N4O6.C2HF3O2/c1-9(15(24)21-12(17(26)27)8-14(18)23)7-13(22)10(2)20-16(25)11-3-5-19-6-4-11;3-2(4,5)1(6)7/h3-6,9-10,12H,7-8H2,1-2H3,(H2,18,23)(H,20,25)(H,21,24)(H,26,27);(H,6,7)/t9-,10-,12-;/m0./s1. The molecule has 34 heavy (non-hydrogen) atoms. The van der Waals surface area contributed by atoms with Crippen LogP contribution in [0.25, 0.3) is 0 Å². The van der Waals surface area contributed by atoms with E-state index < -0.39 is 66.0 Å². The molecule has 0 aliphatic rings. The monoisotopic (exact) mass is 492 g/mol. The lowest BCUT2D eigenvalue weighted by atomic mass is 9.99. The normalized spacial score (nSPS) is 13.2. The van der Waals surface area contributed by atoms with Crippen LogP contribution in [-0.4, -0.2) is 68.9 Å². The number of alkyl halides is 3. The Balaban J connectivity index is 0.00000135. The summed E-state index contributed by atoms with van der Waals surface area (Å²) in [5.41, 5.74) is 5.29. The van der Waals surface area contributed by atoms with Gasteiger partial charge in [0, 0.05) is 30.3 Å². The first kappa shape index (κ1) is 30.0. The van der Waals surface area contributed by atoms with Crippen LogP contribution in [0.4, 0.5) is 13.2 Å². The number of carboxylic acids is 2. The quantitative estimate of drug-likeness (QED) is 0.294. The summed E-state index contributed by atoms with van der Waals surface area (Å²) in [4.78, 5) is 70.9. The summed E-state index contributed by atoms with van der Waals surface area (Å²) >= 11 is 0. The van der Waals surface area contributed by atoms with Gasteiger partial charge in [-0.3, -0.25) is 24.2 Å². The van der Waals surface area contributed by atoms with Crippen LogP contribution >= 0.6 is 0 Å². The molecule has 0 unspecified atom stereocenters. The number of amides is 3. The molecule has 1 rings (SSSR count). The van der Waals surface area contributed by atoms with Crippen molar-refractivity contribution in [3.8, 4) is 0 Å². The van der Waals surface area contributed by atoms with Crippen molar-refractivity contribution in [1.82, 2.24) is 15.6 Å². The first-order valence-corrected chi connectivity index (χ1v) is 9.41. The molecule has 0 saturated heterocycles. The van der Waals surface area contributed by atoms with Crippen molar-refractivity contribution >= 4 is 35.4 Å². The molecule has 3 amide bonds. The summed E-state index contributed by atoms with van der Waals surface area (Å²) in [5.74, 6) is -7.45. The van der Waals surface area contributed by atoms with Gasteiger partial charge in [0.05, 0.1) is 12.5 Å². The lowest BCUT2D eigenvalue weighted by Crippen LogP contribution is -2.46. The number of halogens is 3. The maximum atomic E-state index is 12.2. The van der Waals surface area contributed by atoms with Gasteiger partial charge in [-0.1, -0.05) is 6.92 Å². The van der Waals surface area contributed by atoms with E-state index in [2.05, 4.69) is 15.6 Å². The molecule has 188 valence electrons. The van der Waals surface area contributed by atoms with Crippen molar-refractivity contribution in [3.05, 3.63) is 30.1 Å². The molecule has 6 N–H and O–H groups in total. The van der Waals surface area contributed by atoms with Gasteiger partial charge in [0.2, 0.25) is 11.8 Å². The fraction of sp³-hybridized carbons (Fsp3) is 0.421. The van der Waals surface area contributed by atoms with Gasteiger partial charge in [-0.25, -0.2) is 9.59 Å². The molecule has 15 heteroatoms. The number of aliphatic carboxylic acids is 2. The maximum absolute atomic E-state index is 12.2. The maximum Gasteiger partial charge on any atom is 0.490 e.